The van der Waals surface area contributed by atoms with Crippen molar-refractivity contribution in [1.82, 2.24) is 25.0 Å². The van der Waals surface area contributed by atoms with E-state index in [9.17, 15) is 13.6 Å². The molecule has 1 amide bonds. The minimum absolute atomic E-state index is 0.240. The predicted octanol–water partition coefficient (Wildman–Crippen LogP) is 5.14. The molecular formula is C31H40F2N6O6S. The van der Waals surface area contributed by atoms with Gasteiger partial charge in [0.25, 0.3) is 0 Å². The van der Waals surface area contributed by atoms with Crippen LogP contribution in [-0.4, -0.2) is 79.7 Å². The van der Waals surface area contributed by atoms with E-state index in [2.05, 4.69) is 10.3 Å². The van der Waals surface area contributed by atoms with Crippen molar-refractivity contribution in [3.8, 4) is 0 Å². The number of benzene rings is 1. The molecule has 12 nitrogen and oxygen atoms in total. The maximum absolute atomic E-state index is 14.3. The van der Waals surface area contributed by atoms with Gasteiger partial charge >= 0.3 is 6.09 Å². The van der Waals surface area contributed by atoms with Gasteiger partial charge in [-0.05, 0) is 58.7 Å². The number of primary amides is 1. The fraction of sp³-hybridized carbons (Fsp3) is 0.645. The number of thioether (sulfide) groups is 1. The van der Waals surface area contributed by atoms with Gasteiger partial charge in [-0.1, -0.05) is 30.0 Å². The van der Waals surface area contributed by atoms with E-state index in [4.69, 9.17) is 39.4 Å². The number of hydrogen-bond acceptors (Lipinski definition) is 11. The smallest absolute Gasteiger partial charge is 0.405 e. The van der Waals surface area contributed by atoms with E-state index < -0.39 is 41.1 Å². The van der Waals surface area contributed by atoms with Crippen molar-refractivity contribution in [2.75, 3.05) is 19.0 Å². The molecule has 46 heavy (non-hydrogen) atoms. The van der Waals surface area contributed by atoms with Gasteiger partial charge in [-0.25, -0.2) is 28.2 Å². The molecule has 15 heteroatoms. The highest BCUT2D eigenvalue weighted by molar-refractivity contribution is 7.99. The van der Waals surface area contributed by atoms with Crippen molar-refractivity contribution in [2.45, 2.75) is 113 Å². The third kappa shape index (κ3) is 6.44. The van der Waals surface area contributed by atoms with Crippen LogP contribution < -0.4 is 5.73 Å². The normalized spacial score (nSPS) is 28.5. The van der Waals surface area contributed by atoms with Crippen LogP contribution in [-0.2, 0) is 29.3 Å². The third-order valence-corrected chi connectivity index (χ3v) is 9.38. The second-order valence-corrected chi connectivity index (χ2v) is 14.5. The van der Waals surface area contributed by atoms with Gasteiger partial charge in [0, 0.05) is 24.5 Å². The summed E-state index contributed by atoms with van der Waals surface area (Å²) < 4.78 is 60.3. The zero-order valence-electron chi connectivity index (χ0n) is 26.8. The van der Waals surface area contributed by atoms with Crippen molar-refractivity contribution >= 4 is 29.0 Å². The summed E-state index contributed by atoms with van der Waals surface area (Å²) in [5, 5.41) is 9.46. The van der Waals surface area contributed by atoms with Gasteiger partial charge in [0.15, 0.2) is 39.3 Å². The highest BCUT2D eigenvalue weighted by atomic mass is 32.2. The zero-order chi connectivity index (χ0) is 33.0. The van der Waals surface area contributed by atoms with E-state index in [1.54, 1.807) is 4.68 Å². The van der Waals surface area contributed by atoms with E-state index in [-0.39, 0.29) is 30.3 Å². The van der Waals surface area contributed by atoms with Crippen LogP contribution in [0.3, 0.4) is 0 Å². The molecule has 2 N–H and O–H groups in total. The Hall–Kier alpha value is -2.98. The lowest BCUT2D eigenvalue weighted by atomic mass is 10.0. The highest BCUT2D eigenvalue weighted by Gasteiger charge is 2.63. The lowest BCUT2D eigenvalue weighted by Gasteiger charge is -2.24. The summed E-state index contributed by atoms with van der Waals surface area (Å²) in [6.45, 7) is 12.5. The number of nitrogens with zero attached hydrogens (tertiary/aromatic N) is 5. The van der Waals surface area contributed by atoms with E-state index in [1.165, 1.54) is 17.8 Å². The first kappa shape index (κ1) is 32.9. The molecule has 0 unspecified atom stereocenters. The molecule has 0 radical (unpaired) electrons. The van der Waals surface area contributed by atoms with Crippen molar-refractivity contribution in [3.05, 3.63) is 41.1 Å². The van der Waals surface area contributed by atoms with Crippen molar-refractivity contribution in [1.29, 1.82) is 0 Å². The standard InChI is InChI=1S/C31H40F2N6O6S/c1-7-12-46-28-35-25(31(45-27(34)40)15-17(31)16-8-9-18(32)19(33)13-16)22-26(36-28)39(38-37-22)20-14-21(41-10-11-42-29(2,3)4)24-23(20)43-30(5,6)44-24/h8-9,13,17,20-21,23-24H,7,10-12,14-15H2,1-6H3,(H2,34,40)/t17-,20-,21+,23+,24-,31-/m1/s1. The highest BCUT2D eigenvalue weighted by Crippen LogP contribution is 2.62. The van der Waals surface area contributed by atoms with Gasteiger partial charge in [0.1, 0.15) is 17.9 Å². The Labute approximate surface area is 270 Å². The number of carbonyl (C=O) groups excluding carboxylic acids is 1. The largest absolute Gasteiger partial charge is 0.436 e. The number of nitrogens with two attached hydrogens (primary N) is 1. The molecule has 6 rings (SSSR count). The maximum atomic E-state index is 14.3. The SMILES string of the molecule is CCCSc1nc([C@@]2(OC(N)=O)C[C@@H]2c2ccc(F)c(F)c2)c2nnn([C@@H]3C[C@H](OCCOC(C)(C)C)[C@H]4OC(C)(C)O[C@H]43)c2n1. The number of hydrogen-bond donors (Lipinski definition) is 1. The van der Waals surface area contributed by atoms with Gasteiger partial charge in [-0.3, -0.25) is 0 Å². The van der Waals surface area contributed by atoms with Crippen LogP contribution in [0, 0.1) is 11.6 Å². The van der Waals surface area contributed by atoms with Crippen molar-refractivity contribution in [3.63, 3.8) is 0 Å². The number of rotatable bonds is 11. The Kier molecular flexibility index (Phi) is 8.76. The third-order valence-electron chi connectivity index (χ3n) is 8.33. The minimum atomic E-state index is -1.37. The van der Waals surface area contributed by atoms with Gasteiger partial charge in [0.2, 0.25) is 0 Å². The van der Waals surface area contributed by atoms with Crippen LogP contribution in [0.15, 0.2) is 23.4 Å². The fourth-order valence-electron chi connectivity index (χ4n) is 6.41. The molecule has 250 valence electrons. The molecule has 3 aromatic rings. The van der Waals surface area contributed by atoms with Crippen LogP contribution in [0.1, 0.15) is 84.0 Å². The molecule has 0 spiro atoms. The van der Waals surface area contributed by atoms with E-state index in [0.717, 1.165) is 24.3 Å². The van der Waals surface area contributed by atoms with Crippen LogP contribution in [0.5, 0.6) is 0 Å². The number of amides is 1. The molecule has 1 aromatic carbocycles. The summed E-state index contributed by atoms with van der Waals surface area (Å²) in [5.41, 5.74) is 5.37. The summed E-state index contributed by atoms with van der Waals surface area (Å²) in [6, 6.07) is 3.24. The summed E-state index contributed by atoms with van der Waals surface area (Å²) in [4.78, 5) is 21.9. The first-order chi connectivity index (χ1) is 21.7. The Balaban J connectivity index is 1.38. The van der Waals surface area contributed by atoms with E-state index >= 15 is 0 Å². The lowest BCUT2D eigenvalue weighted by Crippen LogP contribution is -2.32. The number of ether oxygens (including phenoxy) is 5. The summed E-state index contributed by atoms with van der Waals surface area (Å²) in [6.07, 6.45) is -0.495. The number of aromatic nitrogens is 5. The topological polar surface area (TPSA) is 146 Å². The lowest BCUT2D eigenvalue weighted by molar-refractivity contribution is -0.172. The Bertz CT molecular complexity index is 1620. The van der Waals surface area contributed by atoms with Crippen LogP contribution in [0.2, 0.25) is 0 Å². The van der Waals surface area contributed by atoms with E-state index in [1.807, 2.05) is 41.5 Å². The average molecular weight is 663 g/mol. The van der Waals surface area contributed by atoms with Crippen molar-refractivity contribution in [2.24, 2.45) is 5.73 Å². The van der Waals surface area contributed by atoms with E-state index in [0.29, 0.717) is 47.2 Å². The van der Waals surface area contributed by atoms with Gasteiger partial charge in [-0.15, -0.1) is 5.10 Å². The Morgan fingerprint density at radius 3 is 2.61 bits per heavy atom. The van der Waals surface area contributed by atoms with Crippen LogP contribution in [0.25, 0.3) is 11.2 Å². The molecule has 3 aliphatic rings. The molecule has 1 aliphatic heterocycles. The summed E-state index contributed by atoms with van der Waals surface area (Å²) in [7, 11) is 0. The first-order valence-corrected chi connectivity index (χ1v) is 16.5. The molecule has 1 saturated heterocycles. The van der Waals surface area contributed by atoms with Gasteiger partial charge in [0.05, 0.1) is 31.0 Å². The second kappa shape index (κ2) is 12.2. The Morgan fingerprint density at radius 1 is 1.15 bits per heavy atom. The van der Waals surface area contributed by atoms with Crippen LogP contribution >= 0.6 is 11.8 Å². The number of halogens is 2. The maximum Gasteiger partial charge on any atom is 0.405 e. The van der Waals surface area contributed by atoms with Gasteiger partial charge in [-0.2, -0.15) is 0 Å². The van der Waals surface area contributed by atoms with Crippen molar-refractivity contribution < 1.29 is 37.3 Å². The summed E-state index contributed by atoms with van der Waals surface area (Å²) >= 11 is 1.44. The minimum Gasteiger partial charge on any atom is -0.436 e. The molecule has 6 atom stereocenters. The quantitative estimate of drug-likeness (QED) is 0.165. The predicted molar refractivity (Wildman–Crippen MR) is 163 cm³/mol. The molecular weight excluding hydrogens is 622 g/mol. The first-order valence-electron chi connectivity index (χ1n) is 15.5. The molecule has 2 aromatic heterocycles. The number of carbonyl (C=O) groups is 1. The monoisotopic (exact) mass is 662 g/mol. The molecule has 2 aliphatic carbocycles. The average Bonchev–Trinajstić information content (AvgIpc) is 3.20. The molecule has 2 saturated carbocycles. The van der Waals surface area contributed by atoms with Gasteiger partial charge < -0.3 is 29.4 Å². The molecule has 0 bridgehead atoms. The molecule has 3 heterocycles. The molecule has 3 fully saturated rings. The van der Waals surface area contributed by atoms with Crippen LogP contribution in [0.4, 0.5) is 13.6 Å². The summed E-state index contributed by atoms with van der Waals surface area (Å²) in [5.74, 6) is -2.64. The second-order valence-electron chi connectivity index (χ2n) is 13.4. The zero-order valence-corrected chi connectivity index (χ0v) is 27.6. The number of fused-ring (bicyclic) bond motifs is 2. The Morgan fingerprint density at radius 2 is 1.91 bits per heavy atom. The fourth-order valence-corrected chi connectivity index (χ4v) is 7.10.